The van der Waals surface area contributed by atoms with Crippen molar-refractivity contribution in [2.45, 2.75) is 32.0 Å². The van der Waals surface area contributed by atoms with E-state index in [4.69, 9.17) is 11.6 Å². The van der Waals surface area contributed by atoms with Crippen LogP contribution in [0.4, 0.5) is 0 Å². The average molecular weight is 607 g/mol. The van der Waals surface area contributed by atoms with E-state index in [1.807, 2.05) is 50.2 Å². The third-order valence-electron chi connectivity index (χ3n) is 7.18. The molecule has 5 aromatic rings. The van der Waals surface area contributed by atoms with Crippen LogP contribution in [0.15, 0.2) is 71.6 Å². The number of β-amino-alcohol motifs (C(OH)–C–C–N with tert-alkyl or cyclic N) is 1. The van der Waals surface area contributed by atoms with Gasteiger partial charge in [-0.1, -0.05) is 57.0 Å². The zero-order valence-electron chi connectivity index (χ0n) is 21.3. The summed E-state index contributed by atoms with van der Waals surface area (Å²) in [5.74, 6) is -0.206. The second kappa shape index (κ2) is 9.86. The van der Waals surface area contributed by atoms with E-state index in [0.29, 0.717) is 28.5 Å². The van der Waals surface area contributed by atoms with Crippen molar-refractivity contribution in [3.05, 3.63) is 105 Å². The Balaban J connectivity index is 1.13. The summed E-state index contributed by atoms with van der Waals surface area (Å²) >= 11 is 9.63. The van der Waals surface area contributed by atoms with Crippen LogP contribution in [0.5, 0.6) is 0 Å². The lowest BCUT2D eigenvalue weighted by Crippen LogP contribution is -2.61. The van der Waals surface area contributed by atoms with Gasteiger partial charge in [0.2, 0.25) is 0 Å². The summed E-state index contributed by atoms with van der Waals surface area (Å²) in [6, 6.07) is 15.5. The van der Waals surface area contributed by atoms with E-state index in [1.165, 1.54) is 0 Å². The first kappa shape index (κ1) is 25.7. The summed E-state index contributed by atoms with van der Waals surface area (Å²) in [6.07, 6.45) is 5.00. The van der Waals surface area contributed by atoms with Crippen molar-refractivity contribution < 1.29 is 9.90 Å². The van der Waals surface area contributed by atoms with Crippen LogP contribution >= 0.6 is 27.5 Å². The molecular weight excluding hydrogens is 582 g/mol. The molecule has 4 heterocycles. The maximum absolute atomic E-state index is 13.2. The minimum atomic E-state index is -1.25. The molecule has 1 fully saturated rings. The van der Waals surface area contributed by atoms with E-state index >= 15 is 0 Å². The fourth-order valence-corrected chi connectivity index (χ4v) is 5.31. The van der Waals surface area contributed by atoms with Gasteiger partial charge in [-0.15, -0.1) is 5.10 Å². The molecule has 1 saturated heterocycles. The summed E-state index contributed by atoms with van der Waals surface area (Å²) in [5.41, 5.74) is 3.54. The van der Waals surface area contributed by atoms with Crippen molar-refractivity contribution in [1.29, 1.82) is 0 Å². The van der Waals surface area contributed by atoms with E-state index in [1.54, 1.807) is 38.9 Å². The highest BCUT2D eigenvalue weighted by Crippen LogP contribution is 2.33. The quantitative estimate of drug-likeness (QED) is 0.299. The average Bonchev–Trinajstić information content (AvgIpc) is 3.55. The highest BCUT2D eigenvalue weighted by Gasteiger charge is 2.47. The van der Waals surface area contributed by atoms with E-state index in [9.17, 15) is 9.90 Å². The van der Waals surface area contributed by atoms with Gasteiger partial charge in [-0.05, 0) is 54.8 Å². The molecule has 1 amide bonds. The minimum Gasteiger partial charge on any atom is -0.380 e. The van der Waals surface area contributed by atoms with Gasteiger partial charge in [0.25, 0.3) is 5.91 Å². The van der Waals surface area contributed by atoms with Crippen LogP contribution in [-0.2, 0) is 12.1 Å². The van der Waals surface area contributed by atoms with E-state index in [-0.39, 0.29) is 25.0 Å². The number of aryl methyl sites for hydroxylation is 1. The Labute approximate surface area is 238 Å². The maximum Gasteiger partial charge on any atom is 0.255 e. The van der Waals surface area contributed by atoms with Gasteiger partial charge in [0.15, 0.2) is 5.65 Å². The van der Waals surface area contributed by atoms with Crippen LogP contribution in [0.3, 0.4) is 0 Å². The standard InChI is InChI=1S/C28H25BrClN7O2/c1-17-8-20(6-7-24(17)29)18(2)36-14-25(33-34-36)28(39)15-35(16-28)27(38)22-10-21-12-32-37(26(21)31-11-22)13-19-4-3-5-23(30)9-19/h3-12,14,18,39H,13,15-16H2,1-2H3/t18-/m0/s1. The SMILES string of the molecule is Cc1cc([C@H](C)n2cc(C3(O)CN(C(=O)c4cnc5c(cnn5Cc5cccc(Cl)c5)c4)C3)nn2)ccc1Br. The lowest BCUT2D eigenvalue weighted by molar-refractivity contribution is -0.0893. The van der Waals surface area contributed by atoms with Crippen molar-refractivity contribution in [3.63, 3.8) is 0 Å². The number of nitrogens with zero attached hydrogens (tertiary/aromatic N) is 7. The molecule has 0 unspecified atom stereocenters. The molecule has 2 aromatic carbocycles. The molecule has 0 spiro atoms. The number of benzene rings is 2. The lowest BCUT2D eigenvalue weighted by atomic mass is 9.90. The molecule has 0 saturated carbocycles. The highest BCUT2D eigenvalue weighted by molar-refractivity contribution is 9.10. The van der Waals surface area contributed by atoms with Gasteiger partial charge in [0, 0.05) is 21.1 Å². The molecule has 9 nitrogen and oxygen atoms in total. The first-order valence-corrected chi connectivity index (χ1v) is 13.6. The van der Waals surface area contributed by atoms with Gasteiger partial charge >= 0.3 is 0 Å². The number of hydrogen-bond donors (Lipinski definition) is 1. The molecule has 1 N–H and O–H groups in total. The molecule has 3 aromatic heterocycles. The predicted molar refractivity (Wildman–Crippen MR) is 151 cm³/mol. The summed E-state index contributed by atoms with van der Waals surface area (Å²) in [7, 11) is 0. The van der Waals surface area contributed by atoms with Crippen molar-refractivity contribution in [1.82, 2.24) is 34.7 Å². The van der Waals surface area contributed by atoms with Crippen LogP contribution in [0.2, 0.25) is 5.02 Å². The van der Waals surface area contributed by atoms with E-state index < -0.39 is 5.60 Å². The van der Waals surface area contributed by atoms with Crippen LogP contribution in [0.1, 0.15) is 45.7 Å². The van der Waals surface area contributed by atoms with E-state index in [0.717, 1.165) is 26.5 Å². The van der Waals surface area contributed by atoms with Gasteiger partial charge < -0.3 is 10.0 Å². The maximum atomic E-state index is 13.2. The number of carbonyl (C=O) groups is 1. The first-order valence-electron chi connectivity index (χ1n) is 12.5. The number of aromatic nitrogens is 6. The fraction of sp³-hybridized carbons (Fsp3) is 0.250. The molecule has 1 aliphatic heterocycles. The Morgan fingerprint density at radius 3 is 2.77 bits per heavy atom. The monoisotopic (exact) mass is 605 g/mol. The normalized spacial score (nSPS) is 15.4. The zero-order chi connectivity index (χ0) is 27.3. The lowest BCUT2D eigenvalue weighted by Gasteiger charge is -2.45. The third kappa shape index (κ3) is 4.84. The Morgan fingerprint density at radius 1 is 1.18 bits per heavy atom. The van der Waals surface area contributed by atoms with Gasteiger partial charge in [-0.25, -0.2) is 14.3 Å². The van der Waals surface area contributed by atoms with Crippen molar-refractivity contribution in [2.24, 2.45) is 0 Å². The zero-order valence-corrected chi connectivity index (χ0v) is 23.6. The second-order valence-corrected chi connectivity index (χ2v) is 11.3. The van der Waals surface area contributed by atoms with Gasteiger partial charge in [0.1, 0.15) is 11.3 Å². The fourth-order valence-electron chi connectivity index (χ4n) is 4.85. The first-order chi connectivity index (χ1) is 18.7. The molecule has 0 aliphatic carbocycles. The Kier molecular flexibility index (Phi) is 6.49. The number of pyridine rings is 1. The number of likely N-dealkylation sites (tertiary alicyclic amines) is 1. The summed E-state index contributed by atoms with van der Waals surface area (Å²) in [6.45, 7) is 4.84. The van der Waals surface area contributed by atoms with E-state index in [2.05, 4.69) is 42.4 Å². The number of rotatable bonds is 6. The Hall–Kier alpha value is -3.60. The molecular formula is C28H25BrClN7O2. The summed E-state index contributed by atoms with van der Waals surface area (Å²) in [4.78, 5) is 19.3. The summed E-state index contributed by atoms with van der Waals surface area (Å²) in [5, 5.41) is 25.5. The van der Waals surface area contributed by atoms with Gasteiger partial charge in [-0.3, -0.25) is 4.79 Å². The molecule has 11 heteroatoms. The van der Waals surface area contributed by atoms with Crippen molar-refractivity contribution in [2.75, 3.05) is 13.1 Å². The molecule has 1 aliphatic rings. The number of hydrogen-bond acceptors (Lipinski definition) is 6. The predicted octanol–water partition coefficient (Wildman–Crippen LogP) is 4.75. The largest absolute Gasteiger partial charge is 0.380 e. The molecule has 6 rings (SSSR count). The van der Waals surface area contributed by atoms with Crippen LogP contribution in [-0.4, -0.2) is 58.8 Å². The number of aliphatic hydroxyl groups is 1. The van der Waals surface area contributed by atoms with Crippen LogP contribution in [0.25, 0.3) is 11.0 Å². The van der Waals surface area contributed by atoms with Crippen molar-refractivity contribution in [3.8, 4) is 0 Å². The smallest absolute Gasteiger partial charge is 0.255 e. The Bertz CT molecular complexity index is 1710. The number of carbonyl (C=O) groups excluding carboxylic acids is 1. The molecule has 1 atom stereocenters. The van der Waals surface area contributed by atoms with Gasteiger partial charge in [0.05, 0.1) is 43.6 Å². The number of halogens is 2. The Morgan fingerprint density at radius 2 is 2.00 bits per heavy atom. The second-order valence-electron chi connectivity index (χ2n) is 10.0. The third-order valence-corrected chi connectivity index (χ3v) is 8.31. The van der Waals surface area contributed by atoms with Crippen molar-refractivity contribution >= 4 is 44.5 Å². The summed E-state index contributed by atoms with van der Waals surface area (Å²) < 4.78 is 4.56. The molecule has 0 radical (unpaired) electrons. The molecule has 39 heavy (non-hydrogen) atoms. The topological polar surface area (TPSA) is 102 Å². The van der Waals surface area contributed by atoms with Crippen LogP contribution < -0.4 is 0 Å². The molecule has 0 bridgehead atoms. The molecule has 198 valence electrons. The highest BCUT2D eigenvalue weighted by atomic mass is 79.9. The number of amides is 1. The minimum absolute atomic E-state index is 0.0583. The number of fused-ring (bicyclic) bond motifs is 1. The van der Waals surface area contributed by atoms with Gasteiger partial charge in [-0.2, -0.15) is 5.10 Å². The van der Waals surface area contributed by atoms with Crippen LogP contribution in [0, 0.1) is 6.92 Å².